The molecule has 0 aliphatic carbocycles. The molecule has 146 valence electrons. The third kappa shape index (κ3) is 3.96. The summed E-state index contributed by atoms with van der Waals surface area (Å²) >= 11 is 5.93. The SMILES string of the molecule is Cc1ccc(C(=O)N2CCN(c3oc(-c4ccc(Cl)cc4)nc3C#N)CC2)cc1. The molecular weight excluding hydrogens is 388 g/mol. The predicted octanol–water partition coefficient (Wildman–Crippen LogP) is 4.14. The molecule has 6 nitrogen and oxygen atoms in total. The number of hydrogen-bond donors (Lipinski definition) is 0. The molecule has 0 unspecified atom stereocenters. The van der Waals surface area contributed by atoms with Crippen molar-refractivity contribution in [3.8, 4) is 17.5 Å². The van der Waals surface area contributed by atoms with Crippen LogP contribution in [0.3, 0.4) is 0 Å². The number of halogens is 1. The molecule has 2 aromatic carbocycles. The fourth-order valence-corrected chi connectivity index (χ4v) is 3.43. The normalized spacial score (nSPS) is 14.0. The summed E-state index contributed by atoms with van der Waals surface area (Å²) in [6, 6.07) is 16.8. The Morgan fingerprint density at radius 1 is 1.07 bits per heavy atom. The summed E-state index contributed by atoms with van der Waals surface area (Å²) in [5.41, 5.74) is 2.81. The minimum atomic E-state index is 0.0181. The molecule has 0 saturated carbocycles. The van der Waals surface area contributed by atoms with Crippen LogP contribution in [0, 0.1) is 18.3 Å². The van der Waals surface area contributed by atoms with Crippen LogP contribution in [0.2, 0.25) is 5.02 Å². The van der Waals surface area contributed by atoms with Gasteiger partial charge in [0.25, 0.3) is 5.91 Å². The maximum absolute atomic E-state index is 12.7. The van der Waals surface area contributed by atoms with Gasteiger partial charge in [-0.3, -0.25) is 4.79 Å². The number of carbonyl (C=O) groups is 1. The van der Waals surface area contributed by atoms with Gasteiger partial charge in [-0.1, -0.05) is 29.3 Å². The lowest BCUT2D eigenvalue weighted by molar-refractivity contribution is 0.0745. The average molecular weight is 407 g/mol. The maximum Gasteiger partial charge on any atom is 0.253 e. The summed E-state index contributed by atoms with van der Waals surface area (Å²) < 4.78 is 5.91. The van der Waals surface area contributed by atoms with Crippen LogP contribution in [0.25, 0.3) is 11.5 Å². The number of carbonyl (C=O) groups excluding carboxylic acids is 1. The highest BCUT2D eigenvalue weighted by Gasteiger charge is 2.27. The Morgan fingerprint density at radius 2 is 1.72 bits per heavy atom. The van der Waals surface area contributed by atoms with Crippen molar-refractivity contribution in [2.45, 2.75) is 6.92 Å². The summed E-state index contributed by atoms with van der Waals surface area (Å²) in [6.45, 7) is 4.24. The number of aromatic nitrogens is 1. The first-order valence-electron chi connectivity index (χ1n) is 9.33. The van der Waals surface area contributed by atoms with E-state index >= 15 is 0 Å². The number of hydrogen-bond acceptors (Lipinski definition) is 5. The van der Waals surface area contributed by atoms with Gasteiger partial charge in [-0.15, -0.1) is 0 Å². The van der Waals surface area contributed by atoms with Crippen LogP contribution >= 0.6 is 11.6 Å². The van der Waals surface area contributed by atoms with Gasteiger partial charge >= 0.3 is 0 Å². The van der Waals surface area contributed by atoms with Crippen LogP contribution in [-0.4, -0.2) is 42.0 Å². The van der Waals surface area contributed by atoms with Gasteiger partial charge in [0.15, 0.2) is 0 Å². The van der Waals surface area contributed by atoms with Gasteiger partial charge in [-0.05, 0) is 43.3 Å². The van der Waals surface area contributed by atoms with Crippen LogP contribution < -0.4 is 4.90 Å². The van der Waals surface area contributed by atoms with Crippen LogP contribution in [0.4, 0.5) is 5.88 Å². The molecule has 1 amide bonds. The van der Waals surface area contributed by atoms with Crippen molar-refractivity contribution in [3.05, 3.63) is 70.4 Å². The monoisotopic (exact) mass is 406 g/mol. The zero-order valence-electron chi connectivity index (χ0n) is 15.9. The Kier molecular flexibility index (Phi) is 5.24. The van der Waals surface area contributed by atoms with Crippen LogP contribution in [-0.2, 0) is 0 Å². The molecule has 4 rings (SSSR count). The lowest BCUT2D eigenvalue weighted by Crippen LogP contribution is -2.48. The number of piperazine rings is 1. The van der Waals surface area contributed by atoms with E-state index in [4.69, 9.17) is 16.0 Å². The summed E-state index contributed by atoms with van der Waals surface area (Å²) in [5, 5.41) is 10.1. The van der Waals surface area contributed by atoms with Crippen molar-refractivity contribution >= 4 is 23.4 Å². The van der Waals surface area contributed by atoms with E-state index in [9.17, 15) is 10.1 Å². The minimum absolute atomic E-state index is 0.0181. The van der Waals surface area contributed by atoms with Gasteiger partial charge in [0.1, 0.15) is 6.07 Å². The molecular formula is C22H19ClN4O2. The van der Waals surface area contributed by atoms with Crippen molar-refractivity contribution in [1.29, 1.82) is 5.26 Å². The van der Waals surface area contributed by atoms with Crippen molar-refractivity contribution < 1.29 is 9.21 Å². The number of nitrogens with zero attached hydrogens (tertiary/aromatic N) is 4. The standard InChI is InChI=1S/C22H19ClN4O2/c1-15-2-4-17(5-3-15)21(28)26-10-12-27(13-11-26)22-19(14-24)25-20(29-22)16-6-8-18(23)9-7-16/h2-9H,10-13H2,1H3. The molecule has 0 bridgehead atoms. The highest BCUT2D eigenvalue weighted by molar-refractivity contribution is 6.30. The third-order valence-corrected chi connectivity index (χ3v) is 5.21. The summed E-state index contributed by atoms with van der Waals surface area (Å²) in [4.78, 5) is 20.8. The Hall–Kier alpha value is -3.30. The Morgan fingerprint density at radius 3 is 2.34 bits per heavy atom. The Bertz CT molecular complexity index is 1060. The first-order chi connectivity index (χ1) is 14.0. The molecule has 29 heavy (non-hydrogen) atoms. The number of amides is 1. The van der Waals surface area contributed by atoms with Gasteiger partial charge in [0.2, 0.25) is 17.5 Å². The fraction of sp³-hybridized carbons (Fsp3) is 0.227. The molecule has 1 fully saturated rings. The smallest absolute Gasteiger partial charge is 0.253 e. The van der Waals surface area contributed by atoms with Crippen LogP contribution in [0.15, 0.2) is 52.9 Å². The summed E-state index contributed by atoms with van der Waals surface area (Å²) in [5.74, 6) is 0.843. The lowest BCUT2D eigenvalue weighted by atomic mass is 10.1. The van der Waals surface area contributed by atoms with Crippen molar-refractivity contribution in [1.82, 2.24) is 9.88 Å². The highest BCUT2D eigenvalue weighted by Crippen LogP contribution is 2.29. The molecule has 1 aromatic heterocycles. The van der Waals surface area contributed by atoms with Crippen molar-refractivity contribution in [2.24, 2.45) is 0 Å². The van der Waals surface area contributed by atoms with E-state index in [2.05, 4.69) is 11.1 Å². The van der Waals surface area contributed by atoms with E-state index in [0.717, 1.165) is 11.1 Å². The fourth-order valence-electron chi connectivity index (χ4n) is 3.31. The van der Waals surface area contributed by atoms with Crippen LogP contribution in [0.1, 0.15) is 21.6 Å². The topological polar surface area (TPSA) is 73.4 Å². The van der Waals surface area contributed by atoms with E-state index < -0.39 is 0 Å². The van der Waals surface area contributed by atoms with Gasteiger partial charge in [0.05, 0.1) is 0 Å². The number of benzene rings is 2. The van der Waals surface area contributed by atoms with Gasteiger partial charge in [-0.25, -0.2) is 0 Å². The van der Waals surface area contributed by atoms with Crippen molar-refractivity contribution in [3.63, 3.8) is 0 Å². The van der Waals surface area contributed by atoms with Crippen molar-refractivity contribution in [2.75, 3.05) is 31.1 Å². The number of rotatable bonds is 3. The average Bonchev–Trinajstić information content (AvgIpc) is 3.19. The van der Waals surface area contributed by atoms with Gasteiger partial charge < -0.3 is 14.2 Å². The number of oxazole rings is 1. The summed E-state index contributed by atoms with van der Waals surface area (Å²) in [7, 11) is 0. The molecule has 0 radical (unpaired) electrons. The largest absolute Gasteiger partial charge is 0.419 e. The van der Waals surface area contributed by atoms with Crippen LogP contribution in [0.5, 0.6) is 0 Å². The zero-order chi connectivity index (χ0) is 20.4. The van der Waals surface area contributed by atoms with E-state index in [1.165, 1.54) is 0 Å². The second kappa shape index (κ2) is 7.98. The number of nitriles is 1. The molecule has 3 aromatic rings. The molecule has 7 heteroatoms. The second-order valence-corrected chi connectivity index (χ2v) is 7.37. The Balaban J connectivity index is 1.48. The molecule has 0 atom stereocenters. The van der Waals surface area contributed by atoms with Gasteiger partial charge in [0, 0.05) is 42.3 Å². The highest BCUT2D eigenvalue weighted by atomic mass is 35.5. The van der Waals surface area contributed by atoms with E-state index in [1.54, 1.807) is 24.3 Å². The summed E-state index contributed by atoms with van der Waals surface area (Å²) in [6.07, 6.45) is 0. The van der Waals surface area contributed by atoms with E-state index in [-0.39, 0.29) is 11.6 Å². The van der Waals surface area contributed by atoms with E-state index in [0.29, 0.717) is 48.5 Å². The van der Waals surface area contributed by atoms with E-state index in [1.807, 2.05) is 41.0 Å². The number of anilines is 1. The third-order valence-electron chi connectivity index (χ3n) is 4.96. The molecule has 0 spiro atoms. The zero-order valence-corrected chi connectivity index (χ0v) is 16.7. The molecule has 0 N–H and O–H groups in total. The second-order valence-electron chi connectivity index (χ2n) is 6.94. The molecule has 1 aliphatic rings. The maximum atomic E-state index is 12.7. The molecule has 2 heterocycles. The first-order valence-corrected chi connectivity index (χ1v) is 9.70. The van der Waals surface area contributed by atoms with Gasteiger partial charge in [-0.2, -0.15) is 10.2 Å². The lowest BCUT2D eigenvalue weighted by Gasteiger charge is -2.34. The molecule has 1 saturated heterocycles. The quantitative estimate of drug-likeness (QED) is 0.653. The first kappa shape index (κ1) is 19.0. The minimum Gasteiger partial charge on any atom is -0.419 e. The number of aryl methyl sites for hydroxylation is 1. The predicted molar refractivity (Wildman–Crippen MR) is 111 cm³/mol. The Labute approximate surface area is 173 Å². The molecule has 1 aliphatic heterocycles.